The number of ether oxygens (including phenoxy) is 2. The molecule has 0 radical (unpaired) electrons. The Bertz CT molecular complexity index is 830. The lowest BCUT2D eigenvalue weighted by molar-refractivity contribution is -0.384. The van der Waals surface area contributed by atoms with Crippen molar-refractivity contribution in [2.45, 2.75) is 12.5 Å². The molecule has 0 aromatic heterocycles. The first-order chi connectivity index (χ1) is 12.5. The third kappa shape index (κ3) is 4.46. The van der Waals surface area contributed by atoms with Gasteiger partial charge in [-0.25, -0.2) is 4.79 Å². The topological polar surface area (TPSA) is 98.9 Å². The number of methoxy groups -OCH3 is 2. The van der Waals surface area contributed by atoms with Gasteiger partial charge in [0.05, 0.1) is 31.5 Å². The van der Waals surface area contributed by atoms with Gasteiger partial charge in [0.15, 0.2) is 0 Å². The summed E-state index contributed by atoms with van der Waals surface area (Å²) < 4.78 is 9.73. The maximum atomic E-state index is 12.0. The first kappa shape index (κ1) is 19.1. The van der Waals surface area contributed by atoms with Crippen LogP contribution < -0.4 is 0 Å². The quantitative estimate of drug-likeness (QED) is 0.269. The second-order valence-electron chi connectivity index (χ2n) is 5.49. The van der Waals surface area contributed by atoms with E-state index in [1.165, 1.54) is 32.6 Å². The van der Waals surface area contributed by atoms with Gasteiger partial charge in [0.2, 0.25) is 0 Å². The van der Waals surface area contributed by atoms with Crippen molar-refractivity contribution in [2.75, 3.05) is 14.2 Å². The maximum Gasteiger partial charge on any atom is 0.341 e. The molecule has 0 fully saturated rings. The van der Waals surface area contributed by atoms with Crippen LogP contribution in [0.15, 0.2) is 54.8 Å². The van der Waals surface area contributed by atoms with Crippen molar-refractivity contribution in [1.29, 1.82) is 0 Å². The summed E-state index contributed by atoms with van der Waals surface area (Å²) in [4.78, 5) is 22.4. The lowest BCUT2D eigenvalue weighted by Gasteiger charge is -2.16. The number of carbonyl (C=O) groups is 1. The van der Waals surface area contributed by atoms with Gasteiger partial charge in [-0.15, -0.1) is 0 Å². The molecule has 0 aliphatic rings. The zero-order valence-corrected chi connectivity index (χ0v) is 14.4. The highest BCUT2D eigenvalue weighted by Gasteiger charge is 2.21. The number of hydrogen-bond donors (Lipinski definition) is 1. The molecule has 0 saturated carbocycles. The SMILES string of the molecule is CO/C=C(/C(=O)OC)c1ccccc1C(O)Cc1cccc([N+](=O)[O-])c1. The molecule has 0 saturated heterocycles. The molecule has 1 unspecified atom stereocenters. The Morgan fingerprint density at radius 2 is 1.96 bits per heavy atom. The summed E-state index contributed by atoms with van der Waals surface area (Å²) in [5, 5.41) is 21.6. The van der Waals surface area contributed by atoms with E-state index in [2.05, 4.69) is 0 Å². The molecule has 1 atom stereocenters. The summed E-state index contributed by atoms with van der Waals surface area (Å²) in [7, 11) is 2.67. The molecule has 2 aromatic rings. The second kappa shape index (κ2) is 8.77. The van der Waals surface area contributed by atoms with Crippen LogP contribution in [0.3, 0.4) is 0 Å². The lowest BCUT2D eigenvalue weighted by Crippen LogP contribution is -2.10. The molecule has 0 aliphatic heterocycles. The fraction of sp³-hybridized carbons (Fsp3) is 0.211. The predicted octanol–water partition coefficient (Wildman–Crippen LogP) is 3.03. The lowest BCUT2D eigenvalue weighted by atomic mass is 9.93. The van der Waals surface area contributed by atoms with Crippen molar-refractivity contribution in [3.8, 4) is 0 Å². The summed E-state index contributed by atoms with van der Waals surface area (Å²) in [5.41, 5.74) is 1.70. The molecule has 0 heterocycles. The van der Waals surface area contributed by atoms with Crippen molar-refractivity contribution in [2.24, 2.45) is 0 Å². The number of carbonyl (C=O) groups excluding carboxylic acids is 1. The Hall–Kier alpha value is -3.19. The molecule has 26 heavy (non-hydrogen) atoms. The van der Waals surface area contributed by atoms with Gasteiger partial charge in [-0.3, -0.25) is 10.1 Å². The van der Waals surface area contributed by atoms with E-state index in [9.17, 15) is 20.0 Å². The number of nitrogens with zero attached hydrogens (tertiary/aromatic N) is 1. The number of rotatable bonds is 7. The Kier molecular flexibility index (Phi) is 6.46. The number of esters is 1. The van der Waals surface area contributed by atoms with E-state index in [4.69, 9.17) is 9.47 Å². The third-order valence-electron chi connectivity index (χ3n) is 3.80. The fourth-order valence-electron chi connectivity index (χ4n) is 2.61. The zero-order valence-electron chi connectivity index (χ0n) is 14.4. The molecule has 0 amide bonds. The number of aliphatic hydroxyl groups excluding tert-OH is 1. The van der Waals surface area contributed by atoms with Crippen molar-refractivity contribution in [3.63, 3.8) is 0 Å². The minimum Gasteiger partial charge on any atom is -0.503 e. The normalized spacial score (nSPS) is 12.3. The van der Waals surface area contributed by atoms with E-state index in [0.29, 0.717) is 16.7 Å². The minimum absolute atomic E-state index is 0.0440. The Morgan fingerprint density at radius 3 is 2.62 bits per heavy atom. The van der Waals surface area contributed by atoms with Crippen LogP contribution >= 0.6 is 0 Å². The first-order valence-corrected chi connectivity index (χ1v) is 7.80. The van der Waals surface area contributed by atoms with Crippen molar-refractivity contribution >= 4 is 17.2 Å². The first-order valence-electron chi connectivity index (χ1n) is 7.80. The van der Waals surface area contributed by atoms with Crippen LogP contribution in [0.25, 0.3) is 5.57 Å². The largest absolute Gasteiger partial charge is 0.503 e. The number of benzene rings is 2. The summed E-state index contributed by atoms with van der Waals surface area (Å²) >= 11 is 0. The Morgan fingerprint density at radius 1 is 1.23 bits per heavy atom. The van der Waals surface area contributed by atoms with E-state index in [1.54, 1.807) is 36.4 Å². The molecule has 0 bridgehead atoms. The third-order valence-corrected chi connectivity index (χ3v) is 3.80. The van der Waals surface area contributed by atoms with Gasteiger partial charge >= 0.3 is 5.97 Å². The highest BCUT2D eigenvalue weighted by molar-refractivity contribution is 6.16. The standard InChI is InChI=1S/C19H19NO6/c1-25-12-17(19(22)26-2)15-8-3-4-9-16(15)18(21)11-13-6-5-7-14(10-13)20(23)24/h3-10,12,18,21H,11H2,1-2H3/b17-12+. The molecule has 1 N–H and O–H groups in total. The Balaban J connectivity index is 2.37. The van der Waals surface area contributed by atoms with Gasteiger partial charge < -0.3 is 14.6 Å². The summed E-state index contributed by atoms with van der Waals surface area (Å²) in [6, 6.07) is 12.9. The molecule has 136 valence electrons. The average Bonchev–Trinajstić information content (AvgIpc) is 2.65. The molecule has 7 nitrogen and oxygen atoms in total. The van der Waals surface area contributed by atoms with E-state index >= 15 is 0 Å². The molecular weight excluding hydrogens is 338 g/mol. The second-order valence-corrected chi connectivity index (χ2v) is 5.49. The number of hydrogen-bond acceptors (Lipinski definition) is 6. The summed E-state index contributed by atoms with van der Waals surface area (Å²) in [6.45, 7) is 0. The van der Waals surface area contributed by atoms with E-state index in [-0.39, 0.29) is 17.7 Å². The van der Waals surface area contributed by atoms with Gasteiger partial charge in [0.1, 0.15) is 5.57 Å². The van der Waals surface area contributed by atoms with Crippen LogP contribution in [0.5, 0.6) is 0 Å². The number of aliphatic hydroxyl groups is 1. The highest BCUT2D eigenvalue weighted by atomic mass is 16.6. The molecule has 2 rings (SSSR count). The van der Waals surface area contributed by atoms with Crippen LogP contribution in [0.2, 0.25) is 0 Å². The van der Waals surface area contributed by atoms with Crippen LogP contribution in [0, 0.1) is 10.1 Å². The smallest absolute Gasteiger partial charge is 0.341 e. The van der Waals surface area contributed by atoms with E-state index in [1.807, 2.05) is 0 Å². The van der Waals surface area contributed by atoms with E-state index < -0.39 is 17.0 Å². The molecule has 0 aliphatic carbocycles. The molecular formula is C19H19NO6. The van der Waals surface area contributed by atoms with Gasteiger partial charge in [-0.2, -0.15) is 0 Å². The fourth-order valence-corrected chi connectivity index (χ4v) is 2.61. The number of nitro groups is 1. The van der Waals surface area contributed by atoms with Crippen LogP contribution in [-0.4, -0.2) is 30.2 Å². The summed E-state index contributed by atoms with van der Waals surface area (Å²) in [6.07, 6.45) is 0.434. The number of nitro benzene ring substituents is 1. The van der Waals surface area contributed by atoms with Crippen LogP contribution in [0.4, 0.5) is 5.69 Å². The van der Waals surface area contributed by atoms with Crippen LogP contribution in [-0.2, 0) is 20.7 Å². The molecule has 0 spiro atoms. The minimum atomic E-state index is -0.974. The van der Waals surface area contributed by atoms with E-state index in [0.717, 1.165) is 0 Å². The highest BCUT2D eigenvalue weighted by Crippen LogP contribution is 2.28. The van der Waals surface area contributed by atoms with Gasteiger partial charge in [0.25, 0.3) is 5.69 Å². The average molecular weight is 357 g/mol. The predicted molar refractivity (Wildman–Crippen MR) is 95.2 cm³/mol. The van der Waals surface area contributed by atoms with Crippen molar-refractivity contribution in [3.05, 3.63) is 81.6 Å². The number of non-ortho nitro benzene ring substituents is 1. The Labute approximate surface area is 150 Å². The molecule has 7 heteroatoms. The molecule has 2 aromatic carbocycles. The zero-order chi connectivity index (χ0) is 19.1. The van der Waals surface area contributed by atoms with Crippen LogP contribution in [0.1, 0.15) is 22.8 Å². The van der Waals surface area contributed by atoms with Gasteiger partial charge in [0, 0.05) is 18.6 Å². The summed E-state index contributed by atoms with van der Waals surface area (Å²) in [5.74, 6) is -0.596. The van der Waals surface area contributed by atoms with Crippen molar-refractivity contribution < 1.29 is 24.3 Å². The monoisotopic (exact) mass is 357 g/mol. The van der Waals surface area contributed by atoms with Crippen molar-refractivity contribution in [1.82, 2.24) is 0 Å². The maximum absolute atomic E-state index is 12.0. The van der Waals surface area contributed by atoms with Gasteiger partial charge in [-0.1, -0.05) is 36.4 Å². The van der Waals surface area contributed by atoms with Gasteiger partial charge in [-0.05, 0) is 16.7 Å².